The number of hydrogen-bond donors (Lipinski definition) is 1. The highest BCUT2D eigenvalue weighted by atomic mass is 32.2. The van der Waals surface area contributed by atoms with Crippen LogP contribution in [-0.4, -0.2) is 18.6 Å². The first kappa shape index (κ1) is 12.6. The fraction of sp³-hybridized carbons (Fsp3) is 0. The maximum Gasteiger partial charge on any atom is 0.272 e. The normalized spacial score (nSPS) is 11.6. The van der Waals surface area contributed by atoms with Gasteiger partial charge in [0.15, 0.2) is 0 Å². The number of nitrogens with zero attached hydrogens (tertiary/aromatic N) is 1. The molecule has 0 unspecified atom stereocenters. The Kier molecular flexibility index (Phi) is 2.87. The van der Waals surface area contributed by atoms with Gasteiger partial charge in [0, 0.05) is 5.39 Å². The lowest BCUT2D eigenvalue weighted by molar-refractivity contribution is 0.596. The van der Waals surface area contributed by atoms with E-state index in [0.717, 1.165) is 0 Å². The first-order chi connectivity index (χ1) is 9.59. The molecule has 0 spiro atoms. The number of sulfone groups is 1. The van der Waals surface area contributed by atoms with Gasteiger partial charge in [0.25, 0.3) is 5.56 Å². The zero-order chi connectivity index (χ0) is 14.2. The van der Waals surface area contributed by atoms with Gasteiger partial charge in [0.1, 0.15) is 0 Å². The molecule has 0 aliphatic heterocycles. The number of benzene rings is 2. The zero-order valence-corrected chi connectivity index (χ0v) is 11.1. The van der Waals surface area contributed by atoms with Crippen LogP contribution in [0, 0.1) is 0 Å². The van der Waals surface area contributed by atoms with Gasteiger partial charge in [0.05, 0.1) is 21.4 Å². The van der Waals surface area contributed by atoms with Gasteiger partial charge in [-0.3, -0.25) is 4.79 Å². The molecule has 0 bridgehead atoms. The second-order valence-electron chi connectivity index (χ2n) is 4.26. The van der Waals surface area contributed by atoms with Gasteiger partial charge >= 0.3 is 0 Å². The van der Waals surface area contributed by atoms with Gasteiger partial charge in [-0.25, -0.2) is 13.5 Å². The fourth-order valence-corrected chi connectivity index (χ4v) is 3.29. The Morgan fingerprint density at radius 2 is 1.70 bits per heavy atom. The lowest BCUT2D eigenvalue weighted by Gasteiger charge is -2.05. The van der Waals surface area contributed by atoms with Crippen LogP contribution in [0.15, 0.2) is 69.3 Å². The summed E-state index contributed by atoms with van der Waals surface area (Å²) in [6.45, 7) is 0. The Morgan fingerprint density at radius 1 is 0.950 bits per heavy atom. The topological polar surface area (TPSA) is 79.9 Å². The van der Waals surface area contributed by atoms with Gasteiger partial charge in [-0.2, -0.15) is 5.10 Å². The van der Waals surface area contributed by atoms with Crippen molar-refractivity contribution < 1.29 is 8.42 Å². The van der Waals surface area contributed by atoms with E-state index in [1.807, 2.05) is 0 Å². The van der Waals surface area contributed by atoms with Crippen molar-refractivity contribution >= 4 is 20.6 Å². The Bertz CT molecular complexity index is 931. The van der Waals surface area contributed by atoms with Crippen LogP contribution in [0.4, 0.5) is 0 Å². The van der Waals surface area contributed by atoms with Crippen molar-refractivity contribution in [3.05, 3.63) is 65.1 Å². The third kappa shape index (κ3) is 2.00. The summed E-state index contributed by atoms with van der Waals surface area (Å²) in [5, 5.41) is 6.89. The van der Waals surface area contributed by atoms with E-state index in [0.29, 0.717) is 10.8 Å². The lowest BCUT2D eigenvalue weighted by atomic mass is 10.2. The van der Waals surface area contributed by atoms with Crippen molar-refractivity contribution in [3.8, 4) is 0 Å². The molecule has 0 saturated carbocycles. The molecule has 0 radical (unpaired) electrons. The average Bonchev–Trinajstić information content (AvgIpc) is 2.48. The van der Waals surface area contributed by atoms with E-state index in [-0.39, 0.29) is 15.4 Å². The molecule has 1 N–H and O–H groups in total. The van der Waals surface area contributed by atoms with Crippen LogP contribution >= 0.6 is 0 Å². The van der Waals surface area contributed by atoms with E-state index in [2.05, 4.69) is 10.2 Å². The maximum absolute atomic E-state index is 12.5. The highest BCUT2D eigenvalue weighted by molar-refractivity contribution is 7.91. The summed E-state index contributed by atoms with van der Waals surface area (Å²) >= 11 is 0. The number of aromatic nitrogens is 2. The summed E-state index contributed by atoms with van der Waals surface area (Å²) in [5.41, 5.74) is -0.342. The molecule has 1 aromatic heterocycles. The Balaban J connectivity index is 2.23. The lowest BCUT2D eigenvalue weighted by Crippen LogP contribution is -2.08. The molecular weight excluding hydrogens is 276 g/mol. The molecule has 0 aliphatic carbocycles. The van der Waals surface area contributed by atoms with Crippen LogP contribution in [0.3, 0.4) is 0 Å². The molecule has 20 heavy (non-hydrogen) atoms. The highest BCUT2D eigenvalue weighted by Gasteiger charge is 2.17. The second-order valence-corrected chi connectivity index (χ2v) is 6.21. The SMILES string of the molecule is O=c1[nH]ncc2cc(S(=O)(=O)c3ccccc3)ccc12. The number of rotatable bonds is 2. The Hall–Kier alpha value is -2.47. The minimum atomic E-state index is -3.58. The Labute approximate surface area is 114 Å². The number of fused-ring (bicyclic) bond motifs is 1. The largest absolute Gasteiger partial charge is 0.272 e. The number of nitrogens with one attached hydrogen (secondary N) is 1. The van der Waals surface area contributed by atoms with Crippen molar-refractivity contribution in [3.63, 3.8) is 0 Å². The smallest absolute Gasteiger partial charge is 0.267 e. The van der Waals surface area contributed by atoms with Crippen molar-refractivity contribution in [2.24, 2.45) is 0 Å². The van der Waals surface area contributed by atoms with E-state index < -0.39 is 9.84 Å². The zero-order valence-electron chi connectivity index (χ0n) is 10.3. The van der Waals surface area contributed by atoms with E-state index >= 15 is 0 Å². The summed E-state index contributed by atoms with van der Waals surface area (Å²) in [5.74, 6) is 0. The third-order valence-corrected chi connectivity index (χ3v) is 4.77. The van der Waals surface area contributed by atoms with Crippen LogP contribution in [0.1, 0.15) is 0 Å². The quantitative estimate of drug-likeness (QED) is 0.778. The van der Waals surface area contributed by atoms with Gasteiger partial charge < -0.3 is 0 Å². The van der Waals surface area contributed by atoms with Crippen molar-refractivity contribution in [2.45, 2.75) is 9.79 Å². The van der Waals surface area contributed by atoms with Crippen LogP contribution in [-0.2, 0) is 9.84 Å². The monoisotopic (exact) mass is 286 g/mol. The van der Waals surface area contributed by atoms with Crippen LogP contribution < -0.4 is 5.56 Å². The number of H-pyrrole nitrogens is 1. The van der Waals surface area contributed by atoms with Crippen LogP contribution in [0.5, 0.6) is 0 Å². The van der Waals surface area contributed by atoms with Crippen LogP contribution in [0.2, 0.25) is 0 Å². The molecule has 0 aliphatic rings. The molecular formula is C14H10N2O3S. The Morgan fingerprint density at radius 3 is 2.45 bits per heavy atom. The van der Waals surface area contributed by atoms with E-state index in [9.17, 15) is 13.2 Å². The van der Waals surface area contributed by atoms with E-state index in [1.165, 1.54) is 36.5 Å². The summed E-state index contributed by atoms with van der Waals surface area (Å²) in [6.07, 6.45) is 1.43. The predicted octanol–water partition coefficient (Wildman–Crippen LogP) is 1.76. The van der Waals surface area contributed by atoms with Crippen molar-refractivity contribution in [1.29, 1.82) is 0 Å². The van der Waals surface area contributed by atoms with Crippen molar-refractivity contribution in [1.82, 2.24) is 10.2 Å². The second kappa shape index (κ2) is 4.57. The molecule has 3 aromatic rings. The maximum atomic E-state index is 12.5. The molecule has 0 atom stereocenters. The molecule has 5 nitrogen and oxygen atoms in total. The molecule has 6 heteroatoms. The standard InChI is InChI=1S/C14H10N2O3S/c17-14-13-7-6-12(8-10(13)9-15-16-14)20(18,19)11-4-2-1-3-5-11/h1-9H,(H,16,17). The average molecular weight is 286 g/mol. The molecule has 0 fully saturated rings. The van der Waals surface area contributed by atoms with Crippen LogP contribution in [0.25, 0.3) is 10.8 Å². The molecule has 2 aromatic carbocycles. The number of aromatic amines is 1. The molecule has 3 rings (SSSR count). The predicted molar refractivity (Wildman–Crippen MR) is 74.3 cm³/mol. The molecule has 100 valence electrons. The van der Waals surface area contributed by atoms with Gasteiger partial charge in [-0.05, 0) is 30.3 Å². The summed E-state index contributed by atoms with van der Waals surface area (Å²) in [6, 6.07) is 12.5. The first-order valence-electron chi connectivity index (χ1n) is 5.86. The van der Waals surface area contributed by atoms with Gasteiger partial charge in [-0.1, -0.05) is 18.2 Å². The third-order valence-electron chi connectivity index (χ3n) is 3.00. The van der Waals surface area contributed by atoms with Gasteiger partial charge in [0.2, 0.25) is 9.84 Å². The summed E-state index contributed by atoms with van der Waals surface area (Å²) in [4.78, 5) is 11.9. The van der Waals surface area contributed by atoms with E-state index in [4.69, 9.17) is 0 Å². The molecule has 1 heterocycles. The highest BCUT2D eigenvalue weighted by Crippen LogP contribution is 2.22. The summed E-state index contributed by atoms with van der Waals surface area (Å²) in [7, 11) is -3.58. The van der Waals surface area contributed by atoms with Crippen molar-refractivity contribution in [2.75, 3.05) is 0 Å². The molecule has 0 amide bonds. The fourth-order valence-electron chi connectivity index (χ4n) is 1.98. The molecule has 0 saturated heterocycles. The minimum Gasteiger partial charge on any atom is -0.267 e. The summed E-state index contributed by atoms with van der Waals surface area (Å²) < 4.78 is 24.9. The first-order valence-corrected chi connectivity index (χ1v) is 7.35. The van der Waals surface area contributed by atoms with E-state index in [1.54, 1.807) is 18.2 Å². The van der Waals surface area contributed by atoms with Gasteiger partial charge in [-0.15, -0.1) is 0 Å². The minimum absolute atomic E-state index is 0.142. The number of hydrogen-bond acceptors (Lipinski definition) is 4.